The minimum absolute atomic E-state index is 0. The van der Waals surface area contributed by atoms with Crippen LogP contribution in [-0.4, -0.2) is 33.0 Å². The Bertz CT molecular complexity index is 1150. The number of benzene rings is 2. The predicted octanol–water partition coefficient (Wildman–Crippen LogP) is -4.08. The fourth-order valence-electron chi connectivity index (χ4n) is 2.29. The number of fused-ring (bicyclic) bond motifs is 1. The van der Waals surface area contributed by atoms with E-state index in [0.29, 0.717) is 12.0 Å². The molecule has 17 heteroatoms. The van der Waals surface area contributed by atoms with Crippen LogP contribution in [0.2, 0.25) is 10.6 Å². The molecule has 0 aliphatic heterocycles. The van der Waals surface area contributed by atoms with Crippen molar-refractivity contribution in [2.24, 2.45) is 0 Å². The molecule has 0 atom stereocenters. The van der Waals surface area contributed by atoms with Crippen LogP contribution in [0, 0.1) is 0 Å². The van der Waals surface area contributed by atoms with Crippen LogP contribution in [0.25, 0.3) is 10.8 Å². The molecule has 0 aliphatic rings. The molecule has 0 radical (unpaired) electrons. The predicted molar refractivity (Wildman–Crippen MR) is 94.7 cm³/mol. The molecule has 0 unspecified atom stereocenters. The van der Waals surface area contributed by atoms with Crippen molar-refractivity contribution in [1.29, 1.82) is 0 Å². The first-order valence-electron chi connectivity index (χ1n) is 6.91. The molecule has 0 bridgehead atoms. The molecular weight excluding hydrogens is 505 g/mol. The summed E-state index contributed by atoms with van der Waals surface area (Å²) in [5, 5.41) is 26.2. The van der Waals surface area contributed by atoms with Crippen LogP contribution in [0.15, 0.2) is 34.1 Å². The molecule has 1 aromatic heterocycles. The van der Waals surface area contributed by atoms with E-state index in [-0.39, 0.29) is 97.0 Å². The van der Waals surface area contributed by atoms with E-state index in [2.05, 4.69) is 29.6 Å². The first-order chi connectivity index (χ1) is 13.2. The molecule has 2 aromatic carbocycles. The summed E-state index contributed by atoms with van der Waals surface area (Å²) in [6.45, 7) is 0. The molecule has 2 N–H and O–H groups in total. The Hall–Kier alpha value is 0.0300. The van der Waals surface area contributed by atoms with Crippen molar-refractivity contribution in [2.45, 2.75) is 9.79 Å². The fourth-order valence-corrected chi connectivity index (χ4v) is 3.62. The van der Waals surface area contributed by atoms with Crippen molar-refractivity contribution in [1.82, 2.24) is 15.0 Å². The first-order valence-corrected chi connectivity index (χ1v) is 9.82. The second-order valence-electron chi connectivity index (χ2n) is 5.01. The van der Waals surface area contributed by atoms with E-state index < -0.39 is 20.8 Å². The van der Waals surface area contributed by atoms with E-state index in [4.69, 9.17) is 23.2 Å². The van der Waals surface area contributed by atoms with Gasteiger partial charge in [0.05, 0.1) is 22.6 Å². The summed E-state index contributed by atoms with van der Waals surface area (Å²) in [5.41, 5.74) is 0.153. The van der Waals surface area contributed by atoms with Gasteiger partial charge in [-0.05, 0) is 52.9 Å². The molecule has 148 valence electrons. The van der Waals surface area contributed by atoms with Crippen LogP contribution in [0.5, 0.6) is 5.75 Å². The van der Waals surface area contributed by atoms with E-state index in [9.17, 15) is 23.3 Å². The van der Waals surface area contributed by atoms with Crippen LogP contribution in [-0.2, 0) is 19.5 Å². The number of aromatic hydroxyl groups is 1. The Balaban J connectivity index is 0.00000225. The number of hydrogen-bond acceptors (Lipinski definition) is 12. The number of halogens is 2. The third kappa shape index (κ3) is 7.02. The summed E-state index contributed by atoms with van der Waals surface area (Å²) >= 11 is 11.9. The molecule has 11 nitrogen and oxygen atoms in total. The monoisotopic (exact) mass is 510 g/mol. The molecule has 0 saturated heterocycles. The maximum Gasteiger partial charge on any atom is 1.00 e. The minimum Gasteiger partial charge on any atom is -0.744 e. The molecule has 3 rings (SSSR count). The van der Waals surface area contributed by atoms with Gasteiger partial charge in [-0.25, -0.2) is 8.42 Å². The zero-order valence-electron chi connectivity index (χ0n) is 15.1. The van der Waals surface area contributed by atoms with Crippen molar-refractivity contribution in [3.63, 3.8) is 0 Å². The van der Waals surface area contributed by atoms with Crippen LogP contribution in [0.4, 0.5) is 11.6 Å². The summed E-state index contributed by atoms with van der Waals surface area (Å²) in [4.78, 5) is 10.8. The van der Waals surface area contributed by atoms with Crippen LogP contribution in [0.3, 0.4) is 0 Å². The van der Waals surface area contributed by atoms with Gasteiger partial charge in [0.15, 0.2) is 0 Å². The fraction of sp³-hybridized carbons (Fsp3) is 0. The zero-order valence-corrected chi connectivity index (χ0v) is 22.3. The van der Waals surface area contributed by atoms with Crippen LogP contribution in [0.1, 0.15) is 0 Å². The first kappa shape index (κ1) is 28.1. The Morgan fingerprint density at radius 3 is 2.27 bits per heavy atom. The zero-order chi connectivity index (χ0) is 20.5. The number of phenolic OH excluding ortho intramolecular Hbond substituents is 1. The number of aromatic nitrogens is 3. The largest absolute Gasteiger partial charge is 1.00 e. The standard InChI is InChI=1S/C13H8Cl2N4O7S2.2Na/c14-11-17-12(15)19-13(18-11)16-8-3-6(27-26-25-21)1-5-2-7(28(22,23)24)4-9(20)10(5)8;;/h1-4,20-21H,(H,22,23,24)(H,16,17,18,19);;/q;2*+1/p-2. The van der Waals surface area contributed by atoms with E-state index in [1.165, 1.54) is 12.1 Å². The van der Waals surface area contributed by atoms with Gasteiger partial charge in [-0.2, -0.15) is 19.3 Å². The summed E-state index contributed by atoms with van der Waals surface area (Å²) in [6.07, 6.45) is 0. The van der Waals surface area contributed by atoms with Gasteiger partial charge in [0.1, 0.15) is 15.9 Å². The minimum atomic E-state index is -4.84. The van der Waals surface area contributed by atoms with Gasteiger partial charge >= 0.3 is 59.1 Å². The second-order valence-corrected chi connectivity index (χ2v) is 7.84. The van der Waals surface area contributed by atoms with Crippen molar-refractivity contribution in [3.05, 3.63) is 34.8 Å². The molecule has 0 aliphatic carbocycles. The second kappa shape index (κ2) is 11.8. The molecule has 1 heterocycles. The Morgan fingerprint density at radius 1 is 1.07 bits per heavy atom. The van der Waals surface area contributed by atoms with Gasteiger partial charge in [-0.1, -0.05) is 0 Å². The molecule has 0 amide bonds. The van der Waals surface area contributed by atoms with Gasteiger partial charge in [0.25, 0.3) is 0 Å². The molecule has 3 aromatic rings. The quantitative estimate of drug-likeness (QED) is 0.108. The number of phenols is 1. The Kier molecular flexibility index (Phi) is 11.0. The third-order valence-corrected chi connectivity index (χ3v) is 4.95. The van der Waals surface area contributed by atoms with E-state index in [0.717, 1.165) is 12.1 Å². The summed E-state index contributed by atoms with van der Waals surface area (Å²) in [5.74, 6) is -0.604. The van der Waals surface area contributed by atoms with E-state index in [1.807, 2.05) is 0 Å². The number of anilines is 2. The number of nitrogens with zero attached hydrogens (tertiary/aromatic N) is 3. The molecular formula is C13H6Cl2N4Na2O7S2. The average Bonchev–Trinajstić information content (AvgIpc) is 2.57. The maximum atomic E-state index is 11.3. The van der Waals surface area contributed by atoms with Gasteiger partial charge < -0.3 is 20.2 Å². The van der Waals surface area contributed by atoms with Gasteiger partial charge in [0, 0.05) is 10.3 Å². The van der Waals surface area contributed by atoms with Crippen molar-refractivity contribution >= 4 is 67.8 Å². The van der Waals surface area contributed by atoms with Crippen LogP contribution >= 0.6 is 35.2 Å². The molecule has 30 heavy (non-hydrogen) atoms. The van der Waals surface area contributed by atoms with Crippen molar-refractivity contribution in [2.75, 3.05) is 5.32 Å². The van der Waals surface area contributed by atoms with Gasteiger partial charge in [0.2, 0.25) is 16.5 Å². The molecule has 0 spiro atoms. The van der Waals surface area contributed by atoms with Crippen molar-refractivity contribution < 1.29 is 91.8 Å². The third-order valence-electron chi connectivity index (χ3n) is 3.25. The number of rotatable bonds is 6. The van der Waals surface area contributed by atoms with Crippen molar-refractivity contribution in [3.8, 4) is 5.75 Å². The van der Waals surface area contributed by atoms with Gasteiger partial charge in [-0.15, -0.1) is 0 Å². The maximum absolute atomic E-state index is 11.3. The average molecular weight is 511 g/mol. The van der Waals surface area contributed by atoms with E-state index in [1.54, 1.807) is 0 Å². The topological polar surface area (TPSA) is 170 Å². The number of nitrogens with one attached hydrogen (secondary N) is 1. The normalized spacial score (nSPS) is 10.9. The SMILES string of the molecule is O=S(=O)([O-])c1cc(O)c2c(Nc3nc(Cl)nc(Cl)n3)cc(SOO[O-])cc2c1.[Na+].[Na+]. The Labute approximate surface area is 227 Å². The Morgan fingerprint density at radius 2 is 1.70 bits per heavy atom. The summed E-state index contributed by atoms with van der Waals surface area (Å²) < 4.78 is 38.2. The smallest absolute Gasteiger partial charge is 0.744 e. The summed E-state index contributed by atoms with van der Waals surface area (Å²) in [7, 11) is -4.84. The van der Waals surface area contributed by atoms with Crippen LogP contribution < -0.4 is 69.7 Å². The molecule has 0 fully saturated rings. The molecule has 0 saturated carbocycles. The van der Waals surface area contributed by atoms with Gasteiger partial charge in [-0.3, -0.25) is 5.04 Å². The van der Waals surface area contributed by atoms with E-state index >= 15 is 0 Å². The number of hydrogen-bond donors (Lipinski definition) is 2. The summed E-state index contributed by atoms with van der Waals surface area (Å²) in [6, 6.07) is 4.60.